The van der Waals surface area contributed by atoms with Gasteiger partial charge in [-0.3, -0.25) is 0 Å². The number of aryl methyl sites for hydroxylation is 2. The predicted octanol–water partition coefficient (Wildman–Crippen LogP) is 1.80. The molecule has 1 rings (SSSR count). The van der Waals surface area contributed by atoms with Crippen molar-refractivity contribution >= 4 is 0 Å². The highest BCUT2D eigenvalue weighted by atomic mass is 16.3. The quantitative estimate of drug-likeness (QED) is 0.745. The molecular formula is C11H19NO. The molecule has 74 valence electrons. The van der Waals surface area contributed by atoms with E-state index in [1.165, 1.54) is 11.1 Å². The summed E-state index contributed by atoms with van der Waals surface area (Å²) >= 11 is 0. The zero-order valence-electron chi connectivity index (χ0n) is 8.46. The number of nitrogens with one attached hydrogen (secondary N) is 1. The van der Waals surface area contributed by atoms with Gasteiger partial charge in [0.25, 0.3) is 0 Å². The first-order valence-electron chi connectivity index (χ1n) is 4.55. The van der Waals surface area contributed by atoms with Gasteiger partial charge in [0.05, 0.1) is 6.10 Å². The smallest absolute Gasteiger partial charge is 0.0914 e. The Labute approximate surface area is 81.1 Å². The molecule has 0 amide bonds. The second-order valence-electron chi connectivity index (χ2n) is 3.42. The van der Waals surface area contributed by atoms with Crippen molar-refractivity contribution in [2.45, 2.75) is 20.0 Å². The summed E-state index contributed by atoms with van der Waals surface area (Å²) in [6.45, 7) is 4.73. The van der Waals surface area contributed by atoms with Gasteiger partial charge in [-0.1, -0.05) is 18.2 Å². The zero-order valence-corrected chi connectivity index (χ0v) is 8.46. The van der Waals surface area contributed by atoms with Crippen LogP contribution in [0.1, 0.15) is 24.2 Å². The van der Waals surface area contributed by atoms with Crippen LogP contribution in [0.25, 0.3) is 0 Å². The molecule has 0 radical (unpaired) electrons. The first kappa shape index (κ1) is 10.2. The van der Waals surface area contributed by atoms with Crippen molar-refractivity contribution in [3.8, 4) is 0 Å². The van der Waals surface area contributed by atoms with Crippen LogP contribution in [0.15, 0.2) is 18.2 Å². The Balaban J connectivity index is 0.00000169. The van der Waals surface area contributed by atoms with Crippen LogP contribution in [-0.2, 0) is 0 Å². The van der Waals surface area contributed by atoms with E-state index in [4.69, 9.17) is 0 Å². The van der Waals surface area contributed by atoms with Crippen LogP contribution in [0.4, 0.5) is 0 Å². The summed E-state index contributed by atoms with van der Waals surface area (Å²) in [7, 11) is 1.84. The van der Waals surface area contributed by atoms with Crippen LogP contribution >= 0.6 is 0 Å². The van der Waals surface area contributed by atoms with E-state index in [0.717, 1.165) is 5.56 Å². The number of aliphatic hydroxyl groups excluding tert-OH is 1. The summed E-state index contributed by atoms with van der Waals surface area (Å²) < 4.78 is 0. The fourth-order valence-electron chi connectivity index (χ4n) is 1.28. The van der Waals surface area contributed by atoms with E-state index >= 15 is 0 Å². The summed E-state index contributed by atoms with van der Waals surface area (Å²) in [5.74, 6) is 0. The van der Waals surface area contributed by atoms with Gasteiger partial charge in [-0.25, -0.2) is 0 Å². The third kappa shape index (κ3) is 2.54. The highest BCUT2D eigenvalue weighted by Gasteiger charge is 2.06. The van der Waals surface area contributed by atoms with Crippen LogP contribution < -0.4 is 5.32 Å². The van der Waals surface area contributed by atoms with E-state index in [0.29, 0.717) is 6.54 Å². The number of likely N-dealkylation sites (N-methyl/N-ethyl adjacent to an activating group) is 1. The Hall–Kier alpha value is -0.860. The van der Waals surface area contributed by atoms with Gasteiger partial charge >= 0.3 is 0 Å². The maximum absolute atomic E-state index is 9.67. The average molecular weight is 181 g/mol. The van der Waals surface area contributed by atoms with Crippen molar-refractivity contribution in [2.75, 3.05) is 13.6 Å². The number of aliphatic hydroxyl groups is 1. The van der Waals surface area contributed by atoms with Gasteiger partial charge in [-0.15, -0.1) is 0 Å². The van der Waals surface area contributed by atoms with E-state index < -0.39 is 6.10 Å². The van der Waals surface area contributed by atoms with Crippen molar-refractivity contribution < 1.29 is 6.53 Å². The molecule has 0 unspecified atom stereocenters. The molecule has 0 fully saturated rings. The molecule has 0 aromatic heterocycles. The lowest BCUT2D eigenvalue weighted by molar-refractivity contribution is 0.177. The second-order valence-corrected chi connectivity index (χ2v) is 3.42. The molecule has 1 atom stereocenters. The SMILES string of the molecule is CNC[C@H](O)c1ccc(C)c(C)c1.[HH]. The van der Waals surface area contributed by atoms with Crippen molar-refractivity contribution in [3.05, 3.63) is 34.9 Å². The van der Waals surface area contributed by atoms with Crippen LogP contribution in [0.3, 0.4) is 0 Å². The van der Waals surface area contributed by atoms with Gasteiger partial charge in [0, 0.05) is 7.97 Å². The van der Waals surface area contributed by atoms with Crippen molar-refractivity contribution in [1.82, 2.24) is 5.32 Å². The van der Waals surface area contributed by atoms with Gasteiger partial charge in [-0.2, -0.15) is 0 Å². The topological polar surface area (TPSA) is 32.3 Å². The van der Waals surface area contributed by atoms with Crippen molar-refractivity contribution in [2.24, 2.45) is 0 Å². The molecule has 0 spiro atoms. The molecule has 0 aliphatic carbocycles. The molecule has 2 nitrogen and oxygen atoms in total. The molecular weight excluding hydrogens is 162 g/mol. The summed E-state index contributed by atoms with van der Waals surface area (Å²) in [6.07, 6.45) is -0.399. The lowest BCUT2D eigenvalue weighted by atomic mass is 10.0. The molecule has 0 heterocycles. The second kappa shape index (κ2) is 4.40. The van der Waals surface area contributed by atoms with Gasteiger partial charge in [0.15, 0.2) is 0 Å². The number of hydrogen-bond donors (Lipinski definition) is 2. The lowest BCUT2D eigenvalue weighted by Gasteiger charge is -2.11. The Morgan fingerprint density at radius 3 is 2.62 bits per heavy atom. The van der Waals surface area contributed by atoms with Crippen molar-refractivity contribution in [1.29, 1.82) is 0 Å². The number of benzene rings is 1. The van der Waals surface area contributed by atoms with Gasteiger partial charge < -0.3 is 10.4 Å². The molecule has 2 heteroatoms. The maximum Gasteiger partial charge on any atom is 0.0914 e. The Morgan fingerprint density at radius 2 is 2.08 bits per heavy atom. The summed E-state index contributed by atoms with van der Waals surface area (Å²) in [5, 5.41) is 12.6. The monoisotopic (exact) mass is 181 g/mol. The van der Waals surface area contributed by atoms with Crippen molar-refractivity contribution in [3.63, 3.8) is 0 Å². The van der Waals surface area contributed by atoms with Gasteiger partial charge in [-0.05, 0) is 37.6 Å². The maximum atomic E-state index is 9.67. The highest BCUT2D eigenvalue weighted by Crippen LogP contribution is 2.16. The Kier molecular flexibility index (Phi) is 3.46. The number of hydrogen-bond acceptors (Lipinski definition) is 2. The normalized spacial score (nSPS) is 12.9. The Bertz CT molecular complexity index is 289. The fourth-order valence-corrected chi connectivity index (χ4v) is 1.28. The van der Waals surface area contributed by atoms with Crippen LogP contribution in [0.5, 0.6) is 0 Å². The van der Waals surface area contributed by atoms with Gasteiger partial charge in [0.1, 0.15) is 0 Å². The molecule has 1 aromatic carbocycles. The fraction of sp³-hybridized carbons (Fsp3) is 0.455. The van der Waals surface area contributed by atoms with Crippen LogP contribution in [0.2, 0.25) is 0 Å². The third-order valence-corrected chi connectivity index (χ3v) is 2.31. The number of rotatable bonds is 3. The minimum absolute atomic E-state index is 0. The molecule has 1 aromatic rings. The standard InChI is InChI=1S/C11H17NO.H2/c1-8-4-5-10(6-9(8)2)11(13)7-12-3;/h4-6,11-13H,7H2,1-3H3;1H/t11-;/m0./s1. The first-order valence-corrected chi connectivity index (χ1v) is 4.55. The summed E-state index contributed by atoms with van der Waals surface area (Å²) in [6, 6.07) is 6.06. The summed E-state index contributed by atoms with van der Waals surface area (Å²) in [5.41, 5.74) is 3.48. The van der Waals surface area contributed by atoms with Gasteiger partial charge in [0.2, 0.25) is 0 Å². The molecule has 0 aliphatic heterocycles. The molecule has 0 saturated carbocycles. The highest BCUT2D eigenvalue weighted by molar-refractivity contribution is 5.31. The van der Waals surface area contributed by atoms with E-state index in [1.807, 2.05) is 25.2 Å². The minimum atomic E-state index is -0.399. The lowest BCUT2D eigenvalue weighted by Crippen LogP contribution is -2.16. The van der Waals surface area contributed by atoms with Crippen LogP contribution in [-0.4, -0.2) is 18.7 Å². The predicted molar refractivity (Wildman–Crippen MR) is 56.9 cm³/mol. The van der Waals surface area contributed by atoms with E-state index in [9.17, 15) is 5.11 Å². The molecule has 13 heavy (non-hydrogen) atoms. The molecule has 0 bridgehead atoms. The average Bonchev–Trinajstić information content (AvgIpc) is 2.10. The Morgan fingerprint density at radius 1 is 1.38 bits per heavy atom. The molecule has 2 N–H and O–H groups in total. The largest absolute Gasteiger partial charge is 0.387 e. The third-order valence-electron chi connectivity index (χ3n) is 2.31. The van der Waals surface area contributed by atoms with E-state index in [1.54, 1.807) is 0 Å². The minimum Gasteiger partial charge on any atom is -0.387 e. The molecule has 0 aliphatic rings. The molecule has 0 saturated heterocycles. The van der Waals surface area contributed by atoms with E-state index in [-0.39, 0.29) is 1.43 Å². The summed E-state index contributed by atoms with van der Waals surface area (Å²) in [4.78, 5) is 0. The first-order chi connectivity index (χ1) is 6.15. The zero-order chi connectivity index (χ0) is 9.84. The van der Waals surface area contributed by atoms with E-state index in [2.05, 4.69) is 19.2 Å². The van der Waals surface area contributed by atoms with Crippen LogP contribution in [0, 0.1) is 13.8 Å².